The van der Waals surface area contributed by atoms with Gasteiger partial charge in [0.1, 0.15) is 0 Å². The largest absolute Gasteiger partial charge is 0.366 e. The molecule has 2 aromatic carbocycles. The van der Waals surface area contributed by atoms with Crippen LogP contribution in [0.4, 0.5) is 11.4 Å². The van der Waals surface area contributed by atoms with Gasteiger partial charge in [-0.15, -0.1) is 0 Å². The predicted octanol–water partition coefficient (Wildman–Crippen LogP) is 2.69. The van der Waals surface area contributed by atoms with Gasteiger partial charge in [-0.05, 0) is 63.5 Å². The van der Waals surface area contributed by atoms with Crippen LogP contribution in [0.2, 0.25) is 0 Å². The van der Waals surface area contributed by atoms with Gasteiger partial charge in [0.15, 0.2) is 0 Å². The number of likely N-dealkylation sites (tertiary alicyclic amines) is 1. The summed E-state index contributed by atoms with van der Waals surface area (Å²) in [6.45, 7) is 5.62. The van der Waals surface area contributed by atoms with E-state index in [0.717, 1.165) is 16.8 Å². The maximum absolute atomic E-state index is 12.6. The van der Waals surface area contributed by atoms with E-state index in [0.29, 0.717) is 43.7 Å². The van der Waals surface area contributed by atoms with Gasteiger partial charge in [-0.2, -0.15) is 0 Å². The van der Waals surface area contributed by atoms with Crippen LogP contribution in [-0.4, -0.2) is 42.3 Å². The number of primary amides is 1. The van der Waals surface area contributed by atoms with Crippen molar-refractivity contribution >= 4 is 29.1 Å². The van der Waals surface area contributed by atoms with E-state index in [-0.39, 0.29) is 17.7 Å². The van der Waals surface area contributed by atoms with E-state index in [1.54, 1.807) is 24.3 Å². The first-order valence-electron chi connectivity index (χ1n) is 10.1. The summed E-state index contributed by atoms with van der Waals surface area (Å²) in [7, 11) is 0. The van der Waals surface area contributed by atoms with Crippen LogP contribution in [0, 0.1) is 19.8 Å². The van der Waals surface area contributed by atoms with Crippen LogP contribution in [0.15, 0.2) is 42.5 Å². The second-order valence-corrected chi connectivity index (χ2v) is 7.82. The van der Waals surface area contributed by atoms with E-state index < -0.39 is 5.91 Å². The number of benzene rings is 2. The van der Waals surface area contributed by atoms with Gasteiger partial charge in [0, 0.05) is 11.6 Å². The number of carbonyl (C=O) groups is 3. The van der Waals surface area contributed by atoms with Gasteiger partial charge in [-0.1, -0.05) is 29.8 Å². The first-order valence-corrected chi connectivity index (χ1v) is 10.1. The maximum atomic E-state index is 12.6. The predicted molar refractivity (Wildman–Crippen MR) is 117 cm³/mol. The van der Waals surface area contributed by atoms with Crippen LogP contribution in [0.3, 0.4) is 0 Å². The Morgan fingerprint density at radius 3 is 2.37 bits per heavy atom. The fourth-order valence-electron chi connectivity index (χ4n) is 3.74. The first-order chi connectivity index (χ1) is 14.3. The molecule has 1 fully saturated rings. The van der Waals surface area contributed by atoms with E-state index in [9.17, 15) is 14.4 Å². The van der Waals surface area contributed by atoms with E-state index in [1.807, 2.05) is 32.0 Å². The van der Waals surface area contributed by atoms with Crippen LogP contribution in [0.1, 0.15) is 34.3 Å². The van der Waals surface area contributed by atoms with Crippen molar-refractivity contribution in [2.24, 2.45) is 11.7 Å². The number of nitrogens with one attached hydrogen (secondary N) is 2. The monoisotopic (exact) mass is 408 g/mol. The minimum Gasteiger partial charge on any atom is -0.366 e. The standard InChI is InChI=1S/C23H28N4O3/c1-15-7-8-19(16(2)13-15)25-21(28)14-27-11-9-17(10-12-27)23(30)26-20-6-4-3-5-18(20)22(24)29/h3-8,13,17H,9-12,14H2,1-2H3,(H2,24,29)(H,25,28)(H,26,30). The number of rotatable bonds is 6. The summed E-state index contributed by atoms with van der Waals surface area (Å²) in [5.74, 6) is -0.913. The van der Waals surface area contributed by atoms with Crippen molar-refractivity contribution in [2.75, 3.05) is 30.3 Å². The van der Waals surface area contributed by atoms with Crippen molar-refractivity contribution in [3.05, 3.63) is 59.2 Å². The van der Waals surface area contributed by atoms with Gasteiger partial charge in [-0.25, -0.2) is 0 Å². The van der Waals surface area contributed by atoms with Crippen molar-refractivity contribution in [1.82, 2.24) is 4.90 Å². The molecule has 1 saturated heterocycles. The minimum atomic E-state index is -0.574. The van der Waals surface area contributed by atoms with Crippen LogP contribution in [0.25, 0.3) is 0 Å². The molecule has 158 valence electrons. The zero-order valence-electron chi connectivity index (χ0n) is 17.4. The van der Waals surface area contributed by atoms with Crippen molar-refractivity contribution in [3.8, 4) is 0 Å². The highest BCUT2D eigenvalue weighted by Crippen LogP contribution is 2.22. The number of aryl methyl sites for hydroxylation is 2. The number of para-hydroxylation sites is 1. The SMILES string of the molecule is Cc1ccc(NC(=O)CN2CCC(C(=O)Nc3ccccc3C(N)=O)CC2)c(C)c1. The van der Waals surface area contributed by atoms with E-state index in [2.05, 4.69) is 15.5 Å². The molecule has 4 N–H and O–H groups in total. The van der Waals surface area contributed by atoms with Crippen molar-refractivity contribution in [3.63, 3.8) is 0 Å². The number of nitrogens with two attached hydrogens (primary N) is 1. The number of hydrogen-bond donors (Lipinski definition) is 3. The second-order valence-electron chi connectivity index (χ2n) is 7.82. The van der Waals surface area contributed by atoms with E-state index >= 15 is 0 Å². The number of nitrogens with zero attached hydrogens (tertiary/aromatic N) is 1. The fourth-order valence-corrected chi connectivity index (χ4v) is 3.74. The lowest BCUT2D eigenvalue weighted by molar-refractivity contribution is -0.121. The Hall–Kier alpha value is -3.19. The molecular formula is C23H28N4O3. The number of hydrogen-bond acceptors (Lipinski definition) is 4. The summed E-state index contributed by atoms with van der Waals surface area (Å²) in [6, 6.07) is 12.7. The Labute approximate surface area is 176 Å². The Morgan fingerprint density at radius 1 is 1.00 bits per heavy atom. The van der Waals surface area contributed by atoms with Crippen molar-refractivity contribution < 1.29 is 14.4 Å². The normalized spacial score (nSPS) is 14.9. The van der Waals surface area contributed by atoms with Gasteiger partial charge in [-0.3, -0.25) is 19.3 Å². The fraction of sp³-hybridized carbons (Fsp3) is 0.348. The number of amides is 3. The molecule has 1 aliphatic heterocycles. The molecule has 1 heterocycles. The maximum Gasteiger partial charge on any atom is 0.250 e. The average molecular weight is 409 g/mol. The molecule has 0 radical (unpaired) electrons. The molecule has 0 aromatic heterocycles. The highest BCUT2D eigenvalue weighted by molar-refractivity contribution is 6.03. The minimum absolute atomic E-state index is 0.0553. The molecule has 0 aliphatic carbocycles. The molecule has 3 amide bonds. The van der Waals surface area contributed by atoms with Gasteiger partial charge in [0.25, 0.3) is 5.91 Å². The number of carbonyl (C=O) groups excluding carboxylic acids is 3. The molecule has 0 bridgehead atoms. The van der Waals surface area contributed by atoms with Crippen LogP contribution in [0.5, 0.6) is 0 Å². The molecule has 7 nitrogen and oxygen atoms in total. The van der Waals surface area contributed by atoms with Crippen LogP contribution in [-0.2, 0) is 9.59 Å². The Bertz CT molecular complexity index is 949. The molecule has 30 heavy (non-hydrogen) atoms. The van der Waals surface area contributed by atoms with Gasteiger partial charge in [0.05, 0.1) is 17.8 Å². The Kier molecular flexibility index (Phi) is 6.84. The lowest BCUT2D eigenvalue weighted by Crippen LogP contribution is -2.42. The van der Waals surface area contributed by atoms with Crippen LogP contribution < -0.4 is 16.4 Å². The summed E-state index contributed by atoms with van der Waals surface area (Å²) in [6.07, 6.45) is 1.31. The topological polar surface area (TPSA) is 105 Å². The molecule has 0 saturated carbocycles. The Balaban J connectivity index is 1.49. The highest BCUT2D eigenvalue weighted by atomic mass is 16.2. The summed E-state index contributed by atoms with van der Waals surface area (Å²) < 4.78 is 0. The lowest BCUT2D eigenvalue weighted by atomic mass is 9.95. The smallest absolute Gasteiger partial charge is 0.250 e. The third-order valence-electron chi connectivity index (χ3n) is 5.43. The zero-order chi connectivity index (χ0) is 21.7. The summed E-state index contributed by atoms with van der Waals surface area (Å²) >= 11 is 0. The molecular weight excluding hydrogens is 380 g/mol. The molecule has 0 atom stereocenters. The highest BCUT2D eigenvalue weighted by Gasteiger charge is 2.26. The van der Waals surface area contributed by atoms with Crippen LogP contribution >= 0.6 is 0 Å². The molecule has 0 unspecified atom stereocenters. The van der Waals surface area contributed by atoms with E-state index in [4.69, 9.17) is 5.73 Å². The van der Waals surface area contributed by atoms with E-state index in [1.165, 1.54) is 0 Å². The molecule has 7 heteroatoms. The van der Waals surface area contributed by atoms with Crippen molar-refractivity contribution in [2.45, 2.75) is 26.7 Å². The summed E-state index contributed by atoms with van der Waals surface area (Å²) in [5.41, 5.74) is 9.12. The van der Waals surface area contributed by atoms with Gasteiger partial charge >= 0.3 is 0 Å². The zero-order valence-corrected chi connectivity index (χ0v) is 17.4. The van der Waals surface area contributed by atoms with Gasteiger partial charge < -0.3 is 16.4 Å². The molecule has 1 aliphatic rings. The first kappa shape index (κ1) is 21.5. The summed E-state index contributed by atoms with van der Waals surface area (Å²) in [4.78, 5) is 38.6. The Morgan fingerprint density at radius 2 is 1.70 bits per heavy atom. The quantitative estimate of drug-likeness (QED) is 0.683. The number of piperidine rings is 1. The third-order valence-corrected chi connectivity index (χ3v) is 5.43. The molecule has 0 spiro atoms. The third kappa shape index (κ3) is 5.45. The lowest BCUT2D eigenvalue weighted by Gasteiger charge is -2.30. The van der Waals surface area contributed by atoms with Gasteiger partial charge in [0.2, 0.25) is 11.8 Å². The van der Waals surface area contributed by atoms with Crippen molar-refractivity contribution in [1.29, 1.82) is 0 Å². The average Bonchev–Trinajstić information content (AvgIpc) is 2.71. The molecule has 2 aromatic rings. The molecule has 3 rings (SSSR count). The second kappa shape index (κ2) is 9.54. The summed E-state index contributed by atoms with van der Waals surface area (Å²) in [5, 5.41) is 5.79. The number of anilines is 2.